The summed E-state index contributed by atoms with van der Waals surface area (Å²) in [5, 5.41) is 10.7. The molecule has 1 fully saturated rings. The molecule has 1 aromatic carbocycles. The van der Waals surface area contributed by atoms with Gasteiger partial charge in [-0.1, -0.05) is 0 Å². The first-order valence-corrected chi connectivity index (χ1v) is 9.32. The van der Waals surface area contributed by atoms with Crippen LogP contribution in [0.4, 0.5) is 5.69 Å². The lowest BCUT2D eigenvalue weighted by molar-refractivity contribution is 0.102. The average molecular weight is 378 g/mol. The second kappa shape index (κ2) is 8.18. The molecule has 28 heavy (non-hydrogen) atoms. The number of rotatable bonds is 5. The Kier molecular flexibility index (Phi) is 5.29. The monoisotopic (exact) mass is 378 g/mol. The Balaban J connectivity index is 1.42. The summed E-state index contributed by atoms with van der Waals surface area (Å²) < 4.78 is 7.50. The Hall–Kier alpha value is -3.26. The Labute approximate surface area is 163 Å². The van der Waals surface area contributed by atoms with Crippen molar-refractivity contribution in [2.75, 3.05) is 18.4 Å². The third-order valence-corrected chi connectivity index (χ3v) is 4.68. The average Bonchev–Trinajstić information content (AvgIpc) is 3.22. The molecule has 1 unspecified atom stereocenters. The van der Waals surface area contributed by atoms with E-state index in [2.05, 4.69) is 25.7 Å². The number of ether oxygens (including phenoxy) is 1. The highest BCUT2D eigenvalue weighted by molar-refractivity contribution is 6.03. The molecule has 0 bridgehead atoms. The lowest BCUT2D eigenvalue weighted by atomic mass is 10.1. The molecular weight excluding hydrogens is 356 g/mol. The van der Waals surface area contributed by atoms with E-state index in [1.54, 1.807) is 36.7 Å². The molecule has 4 rings (SSSR count). The highest BCUT2D eigenvalue weighted by atomic mass is 16.5. The zero-order chi connectivity index (χ0) is 19.3. The lowest BCUT2D eigenvalue weighted by Gasteiger charge is -2.22. The number of aromatic nitrogens is 4. The number of nitrogens with one attached hydrogen (secondary N) is 2. The van der Waals surface area contributed by atoms with Crippen molar-refractivity contribution >= 4 is 11.6 Å². The third-order valence-electron chi connectivity index (χ3n) is 4.68. The number of hydrogen-bond acceptors (Lipinski definition) is 6. The van der Waals surface area contributed by atoms with Gasteiger partial charge in [0.2, 0.25) is 0 Å². The molecule has 0 saturated carbocycles. The summed E-state index contributed by atoms with van der Waals surface area (Å²) in [7, 11) is 0. The Bertz CT molecular complexity index is 950. The van der Waals surface area contributed by atoms with Gasteiger partial charge in [0.15, 0.2) is 5.69 Å². The third kappa shape index (κ3) is 4.17. The maximum atomic E-state index is 12.6. The molecule has 3 heterocycles. The number of aryl methyl sites for hydroxylation is 1. The van der Waals surface area contributed by atoms with Gasteiger partial charge in [-0.25, -0.2) is 9.97 Å². The summed E-state index contributed by atoms with van der Waals surface area (Å²) in [5.74, 6) is 0.376. The van der Waals surface area contributed by atoms with E-state index in [-0.39, 0.29) is 11.9 Å². The first kappa shape index (κ1) is 18.1. The van der Waals surface area contributed by atoms with Crippen LogP contribution in [0.1, 0.15) is 34.9 Å². The van der Waals surface area contributed by atoms with Crippen molar-refractivity contribution in [3.05, 3.63) is 60.2 Å². The first-order valence-electron chi connectivity index (χ1n) is 9.32. The number of nitrogens with zero attached hydrogens (tertiary/aromatic N) is 4. The second-order valence-corrected chi connectivity index (χ2v) is 6.75. The summed E-state index contributed by atoms with van der Waals surface area (Å²) in [4.78, 5) is 20.7. The molecule has 1 saturated heterocycles. The molecular formula is C20H22N6O2. The topological polar surface area (TPSA) is 94.0 Å². The zero-order valence-electron chi connectivity index (χ0n) is 15.6. The number of hydrogen-bond donors (Lipinski definition) is 2. The van der Waals surface area contributed by atoms with Crippen molar-refractivity contribution < 1.29 is 9.53 Å². The number of carbonyl (C=O) groups is 1. The van der Waals surface area contributed by atoms with E-state index in [9.17, 15) is 4.79 Å². The molecule has 3 aromatic rings. The zero-order valence-corrected chi connectivity index (χ0v) is 15.6. The fourth-order valence-corrected chi connectivity index (χ4v) is 3.19. The van der Waals surface area contributed by atoms with Gasteiger partial charge in [-0.05, 0) is 62.2 Å². The molecule has 2 N–H and O–H groups in total. The summed E-state index contributed by atoms with van der Waals surface area (Å²) in [6.07, 6.45) is 7.30. The van der Waals surface area contributed by atoms with Crippen molar-refractivity contribution in [2.45, 2.75) is 25.8 Å². The van der Waals surface area contributed by atoms with E-state index >= 15 is 0 Å². The van der Waals surface area contributed by atoms with Crippen LogP contribution in [0.3, 0.4) is 0 Å². The van der Waals surface area contributed by atoms with Crippen molar-refractivity contribution in [2.24, 2.45) is 0 Å². The Morgan fingerprint density at radius 2 is 2.14 bits per heavy atom. The standard InChI is InChI=1S/C20H22N6O2/c1-14-12-16(28-20-22-9-3-10-23-20)5-6-17(14)24-19(27)18-7-11-26(25-18)15-4-2-8-21-13-15/h3,5-7,9-12,15,21H,2,4,8,13H2,1H3,(H,24,27). The van der Waals surface area contributed by atoms with E-state index in [1.807, 2.05) is 23.9 Å². The van der Waals surface area contributed by atoms with E-state index in [1.165, 1.54) is 0 Å². The van der Waals surface area contributed by atoms with Crippen LogP contribution in [0.25, 0.3) is 0 Å². The lowest BCUT2D eigenvalue weighted by Crippen LogP contribution is -2.32. The number of benzene rings is 1. The highest BCUT2D eigenvalue weighted by Crippen LogP contribution is 2.24. The largest absolute Gasteiger partial charge is 0.424 e. The normalized spacial score (nSPS) is 16.5. The van der Waals surface area contributed by atoms with Crippen LogP contribution >= 0.6 is 0 Å². The van der Waals surface area contributed by atoms with Gasteiger partial charge in [0.1, 0.15) is 5.75 Å². The molecule has 1 amide bonds. The van der Waals surface area contributed by atoms with Gasteiger partial charge in [-0.3, -0.25) is 9.48 Å². The number of amides is 1. The molecule has 1 aliphatic rings. The van der Waals surface area contributed by atoms with Crippen molar-refractivity contribution in [3.8, 4) is 11.8 Å². The Morgan fingerprint density at radius 3 is 2.89 bits per heavy atom. The molecule has 0 radical (unpaired) electrons. The number of piperidine rings is 1. The van der Waals surface area contributed by atoms with E-state index in [4.69, 9.17) is 4.74 Å². The minimum Gasteiger partial charge on any atom is -0.424 e. The highest BCUT2D eigenvalue weighted by Gasteiger charge is 2.18. The molecule has 0 spiro atoms. The van der Waals surface area contributed by atoms with Gasteiger partial charge < -0.3 is 15.4 Å². The second-order valence-electron chi connectivity index (χ2n) is 6.75. The van der Waals surface area contributed by atoms with E-state index in [0.717, 1.165) is 31.5 Å². The fraction of sp³-hybridized carbons (Fsp3) is 0.300. The first-order chi connectivity index (χ1) is 13.7. The molecule has 1 aliphatic heterocycles. The molecule has 8 heteroatoms. The van der Waals surface area contributed by atoms with Crippen LogP contribution in [0.2, 0.25) is 0 Å². The predicted molar refractivity (Wildman–Crippen MR) is 105 cm³/mol. The van der Waals surface area contributed by atoms with Gasteiger partial charge in [-0.15, -0.1) is 0 Å². The minimum atomic E-state index is -0.231. The maximum Gasteiger partial charge on any atom is 0.321 e. The van der Waals surface area contributed by atoms with Gasteiger partial charge >= 0.3 is 6.01 Å². The number of anilines is 1. The molecule has 0 aliphatic carbocycles. The predicted octanol–water partition coefficient (Wildman–Crippen LogP) is 2.95. The van der Waals surface area contributed by atoms with Crippen LogP contribution in [0.5, 0.6) is 11.8 Å². The maximum absolute atomic E-state index is 12.6. The van der Waals surface area contributed by atoms with Crippen LogP contribution in [0.15, 0.2) is 48.9 Å². The SMILES string of the molecule is Cc1cc(Oc2ncccn2)ccc1NC(=O)c1ccn(C2CCCNC2)n1. The van der Waals surface area contributed by atoms with Crippen molar-refractivity contribution in [1.82, 2.24) is 25.1 Å². The van der Waals surface area contributed by atoms with Crippen molar-refractivity contribution in [3.63, 3.8) is 0 Å². The van der Waals surface area contributed by atoms with Crippen LogP contribution in [-0.4, -0.2) is 38.7 Å². The number of carbonyl (C=O) groups excluding carboxylic acids is 1. The molecule has 2 aromatic heterocycles. The smallest absolute Gasteiger partial charge is 0.321 e. The molecule has 144 valence electrons. The Morgan fingerprint density at radius 1 is 1.29 bits per heavy atom. The van der Waals surface area contributed by atoms with E-state index in [0.29, 0.717) is 23.2 Å². The van der Waals surface area contributed by atoms with Crippen LogP contribution in [-0.2, 0) is 0 Å². The summed E-state index contributed by atoms with van der Waals surface area (Å²) >= 11 is 0. The summed E-state index contributed by atoms with van der Waals surface area (Å²) in [6, 6.07) is 9.46. The quantitative estimate of drug-likeness (QED) is 0.709. The van der Waals surface area contributed by atoms with Gasteiger partial charge in [0, 0.05) is 30.8 Å². The molecule has 8 nitrogen and oxygen atoms in total. The van der Waals surface area contributed by atoms with Crippen molar-refractivity contribution in [1.29, 1.82) is 0 Å². The summed E-state index contributed by atoms with van der Waals surface area (Å²) in [6.45, 7) is 3.83. The van der Waals surface area contributed by atoms with Gasteiger partial charge in [0.05, 0.1) is 6.04 Å². The minimum absolute atomic E-state index is 0.231. The summed E-state index contributed by atoms with van der Waals surface area (Å²) in [5.41, 5.74) is 1.99. The van der Waals surface area contributed by atoms with Gasteiger partial charge in [-0.2, -0.15) is 5.10 Å². The van der Waals surface area contributed by atoms with Crippen LogP contribution < -0.4 is 15.4 Å². The molecule has 1 atom stereocenters. The van der Waals surface area contributed by atoms with Crippen LogP contribution in [0, 0.1) is 6.92 Å². The van der Waals surface area contributed by atoms with E-state index < -0.39 is 0 Å². The fourth-order valence-electron chi connectivity index (χ4n) is 3.19. The van der Waals surface area contributed by atoms with Gasteiger partial charge in [0.25, 0.3) is 5.91 Å².